The van der Waals surface area contributed by atoms with Crippen LogP contribution in [0.3, 0.4) is 0 Å². The van der Waals surface area contributed by atoms with Crippen molar-refractivity contribution in [2.24, 2.45) is 5.73 Å². The number of alkyl halides is 2. The standard InChI is InChI=1S/C16H22F2N2/c17-16(18)9-7-15(19,8-10-16)13-3-5-14(6-4-13)20-11-1-2-12-20/h3-6H,1-2,7-12,19H2. The third-order valence-electron chi connectivity index (χ3n) is 4.79. The molecule has 3 rings (SSSR count). The molecule has 0 unspecified atom stereocenters. The number of rotatable bonds is 2. The van der Waals surface area contributed by atoms with E-state index in [9.17, 15) is 8.78 Å². The highest BCUT2D eigenvalue weighted by atomic mass is 19.3. The van der Waals surface area contributed by atoms with E-state index in [2.05, 4.69) is 17.0 Å². The molecule has 0 radical (unpaired) electrons. The van der Waals surface area contributed by atoms with Crippen molar-refractivity contribution in [2.75, 3.05) is 18.0 Å². The van der Waals surface area contributed by atoms with Gasteiger partial charge in [0.1, 0.15) is 0 Å². The van der Waals surface area contributed by atoms with Crippen molar-refractivity contribution in [2.45, 2.75) is 50.0 Å². The van der Waals surface area contributed by atoms with Gasteiger partial charge in [-0.05, 0) is 43.4 Å². The summed E-state index contributed by atoms with van der Waals surface area (Å²) in [6.07, 6.45) is 3.02. The van der Waals surface area contributed by atoms with Crippen LogP contribution in [0, 0.1) is 0 Å². The van der Waals surface area contributed by atoms with Gasteiger partial charge in [-0.3, -0.25) is 0 Å². The lowest BCUT2D eigenvalue weighted by atomic mass is 9.76. The summed E-state index contributed by atoms with van der Waals surface area (Å²) >= 11 is 0. The number of nitrogens with zero attached hydrogens (tertiary/aromatic N) is 1. The average molecular weight is 280 g/mol. The van der Waals surface area contributed by atoms with Crippen LogP contribution < -0.4 is 10.6 Å². The van der Waals surface area contributed by atoms with Crippen LogP contribution in [0.5, 0.6) is 0 Å². The van der Waals surface area contributed by atoms with Crippen LogP contribution in [0.25, 0.3) is 0 Å². The monoisotopic (exact) mass is 280 g/mol. The maximum Gasteiger partial charge on any atom is 0.248 e. The Balaban J connectivity index is 1.74. The van der Waals surface area contributed by atoms with Gasteiger partial charge in [0.25, 0.3) is 0 Å². The van der Waals surface area contributed by atoms with Crippen molar-refractivity contribution in [1.29, 1.82) is 0 Å². The minimum Gasteiger partial charge on any atom is -0.372 e. The Hall–Kier alpha value is -1.16. The van der Waals surface area contributed by atoms with Crippen LogP contribution in [0.2, 0.25) is 0 Å². The van der Waals surface area contributed by atoms with Crippen molar-refractivity contribution >= 4 is 5.69 Å². The van der Waals surface area contributed by atoms with E-state index in [0.717, 1.165) is 18.7 Å². The fourth-order valence-corrected chi connectivity index (χ4v) is 3.33. The van der Waals surface area contributed by atoms with Crippen molar-refractivity contribution < 1.29 is 8.78 Å². The van der Waals surface area contributed by atoms with E-state index >= 15 is 0 Å². The molecule has 1 aromatic carbocycles. The first-order valence-corrected chi connectivity index (χ1v) is 7.51. The maximum absolute atomic E-state index is 13.3. The van der Waals surface area contributed by atoms with Gasteiger partial charge < -0.3 is 10.6 Å². The van der Waals surface area contributed by atoms with Gasteiger partial charge in [-0.15, -0.1) is 0 Å². The van der Waals surface area contributed by atoms with E-state index in [-0.39, 0.29) is 12.8 Å². The molecule has 0 bridgehead atoms. The summed E-state index contributed by atoms with van der Waals surface area (Å²) in [6, 6.07) is 8.22. The fraction of sp³-hybridized carbons (Fsp3) is 0.625. The summed E-state index contributed by atoms with van der Waals surface area (Å²) in [5.41, 5.74) is 7.99. The Morgan fingerprint density at radius 1 is 0.900 bits per heavy atom. The average Bonchev–Trinajstić information content (AvgIpc) is 2.97. The highest BCUT2D eigenvalue weighted by Crippen LogP contribution is 2.42. The molecule has 1 saturated heterocycles. The van der Waals surface area contributed by atoms with E-state index in [1.54, 1.807) is 0 Å². The molecule has 4 heteroatoms. The molecular weight excluding hydrogens is 258 g/mol. The van der Waals surface area contributed by atoms with E-state index in [4.69, 9.17) is 5.73 Å². The molecule has 1 aromatic rings. The molecule has 2 aliphatic rings. The number of benzene rings is 1. The first-order valence-electron chi connectivity index (χ1n) is 7.51. The van der Waals surface area contributed by atoms with Crippen molar-refractivity contribution in [3.8, 4) is 0 Å². The first kappa shape index (κ1) is 13.8. The van der Waals surface area contributed by atoms with E-state index in [1.807, 2.05) is 12.1 Å². The normalized spacial score (nSPS) is 24.9. The molecule has 1 saturated carbocycles. The molecular formula is C16H22F2N2. The minimum absolute atomic E-state index is 0.0998. The predicted octanol–water partition coefficient (Wildman–Crippen LogP) is 3.65. The Labute approximate surface area is 118 Å². The minimum atomic E-state index is -2.53. The summed E-state index contributed by atoms with van der Waals surface area (Å²) in [5, 5.41) is 0. The lowest BCUT2D eigenvalue weighted by Gasteiger charge is -2.37. The smallest absolute Gasteiger partial charge is 0.248 e. The van der Waals surface area contributed by atoms with Gasteiger partial charge in [0.15, 0.2) is 0 Å². The zero-order chi connectivity index (χ0) is 14.2. The lowest BCUT2D eigenvalue weighted by Crippen LogP contribution is -2.43. The molecule has 2 N–H and O–H groups in total. The summed E-state index contributed by atoms with van der Waals surface area (Å²) in [5.74, 6) is -2.53. The zero-order valence-electron chi connectivity index (χ0n) is 11.7. The molecule has 0 amide bonds. The van der Waals surface area contributed by atoms with Crippen molar-refractivity contribution in [3.63, 3.8) is 0 Å². The molecule has 110 valence electrons. The first-order chi connectivity index (χ1) is 9.49. The number of halogens is 2. The van der Waals surface area contributed by atoms with Gasteiger partial charge in [-0.25, -0.2) is 8.78 Å². The third kappa shape index (κ3) is 2.66. The maximum atomic E-state index is 13.3. The molecule has 1 aliphatic carbocycles. The predicted molar refractivity (Wildman–Crippen MR) is 77.2 cm³/mol. The zero-order valence-corrected chi connectivity index (χ0v) is 11.7. The van der Waals surface area contributed by atoms with E-state index in [1.165, 1.54) is 18.5 Å². The summed E-state index contributed by atoms with van der Waals surface area (Å²) in [6.45, 7) is 2.22. The molecule has 2 nitrogen and oxygen atoms in total. The number of hydrogen-bond acceptors (Lipinski definition) is 2. The van der Waals surface area contributed by atoms with E-state index < -0.39 is 11.5 Å². The van der Waals surface area contributed by atoms with Crippen LogP contribution >= 0.6 is 0 Å². The van der Waals surface area contributed by atoms with Gasteiger partial charge in [0.2, 0.25) is 5.92 Å². The van der Waals surface area contributed by atoms with E-state index in [0.29, 0.717) is 12.8 Å². The summed E-state index contributed by atoms with van der Waals surface area (Å²) in [7, 11) is 0. The van der Waals surface area contributed by atoms with Gasteiger partial charge >= 0.3 is 0 Å². The second-order valence-electron chi connectivity index (χ2n) is 6.25. The SMILES string of the molecule is NC1(c2ccc(N3CCCC3)cc2)CCC(F)(F)CC1. The third-order valence-corrected chi connectivity index (χ3v) is 4.79. The van der Waals surface area contributed by atoms with Gasteiger partial charge in [-0.2, -0.15) is 0 Å². The van der Waals surface area contributed by atoms with Crippen molar-refractivity contribution in [1.82, 2.24) is 0 Å². The highest BCUT2D eigenvalue weighted by Gasteiger charge is 2.42. The Bertz CT molecular complexity index is 454. The summed E-state index contributed by atoms with van der Waals surface area (Å²) < 4.78 is 26.5. The second-order valence-corrected chi connectivity index (χ2v) is 6.25. The molecule has 2 fully saturated rings. The van der Waals surface area contributed by atoms with Crippen LogP contribution in [0.1, 0.15) is 44.1 Å². The molecule has 0 aromatic heterocycles. The quantitative estimate of drug-likeness (QED) is 0.896. The molecule has 0 atom stereocenters. The Kier molecular flexibility index (Phi) is 3.44. The lowest BCUT2D eigenvalue weighted by molar-refractivity contribution is -0.0514. The summed E-state index contributed by atoms with van der Waals surface area (Å²) in [4.78, 5) is 2.36. The number of anilines is 1. The van der Waals surface area contributed by atoms with Gasteiger partial charge in [-0.1, -0.05) is 12.1 Å². The molecule has 20 heavy (non-hydrogen) atoms. The van der Waals surface area contributed by atoms with Gasteiger partial charge in [0.05, 0.1) is 0 Å². The fourth-order valence-electron chi connectivity index (χ4n) is 3.33. The van der Waals surface area contributed by atoms with Gasteiger partial charge in [0, 0.05) is 37.2 Å². The number of hydrogen-bond donors (Lipinski definition) is 1. The second kappa shape index (κ2) is 4.99. The highest BCUT2D eigenvalue weighted by molar-refractivity contribution is 5.49. The van der Waals surface area contributed by atoms with Crippen LogP contribution in [0.15, 0.2) is 24.3 Å². The molecule has 1 aliphatic heterocycles. The van der Waals surface area contributed by atoms with Crippen LogP contribution in [-0.4, -0.2) is 19.0 Å². The van der Waals surface area contributed by atoms with Crippen LogP contribution in [-0.2, 0) is 5.54 Å². The van der Waals surface area contributed by atoms with Crippen molar-refractivity contribution in [3.05, 3.63) is 29.8 Å². The Morgan fingerprint density at radius 2 is 1.45 bits per heavy atom. The molecule has 0 spiro atoms. The number of nitrogens with two attached hydrogens (primary N) is 1. The molecule has 1 heterocycles. The van der Waals surface area contributed by atoms with Crippen LogP contribution in [0.4, 0.5) is 14.5 Å². The topological polar surface area (TPSA) is 29.3 Å². The largest absolute Gasteiger partial charge is 0.372 e. The Morgan fingerprint density at radius 3 is 2.00 bits per heavy atom.